The zero-order chi connectivity index (χ0) is 9.07. The molecule has 0 aliphatic heterocycles. The molecule has 5 heteroatoms. The Morgan fingerprint density at radius 1 is 1.73 bits per heavy atom. The first-order valence-corrected chi connectivity index (χ1v) is 3.31. The van der Waals surface area contributed by atoms with E-state index in [0.29, 0.717) is 0 Å². The van der Waals surface area contributed by atoms with Gasteiger partial charge in [0, 0.05) is 6.42 Å². The van der Waals surface area contributed by atoms with E-state index in [1.54, 1.807) is 6.92 Å². The van der Waals surface area contributed by atoms with Gasteiger partial charge in [0.05, 0.1) is 0 Å². The van der Waals surface area contributed by atoms with Gasteiger partial charge in [0.15, 0.2) is 11.9 Å². The van der Waals surface area contributed by atoms with Crippen molar-refractivity contribution in [3.8, 4) is 0 Å². The summed E-state index contributed by atoms with van der Waals surface area (Å²) in [5, 5.41) is 18.1. The highest BCUT2D eigenvalue weighted by atomic mass is 16.6. The van der Waals surface area contributed by atoms with Crippen LogP contribution in [0.2, 0.25) is 0 Å². The molecule has 0 aliphatic carbocycles. The smallest absolute Gasteiger partial charge is 0.404 e. The third-order valence-corrected chi connectivity index (χ3v) is 1.46. The van der Waals surface area contributed by atoms with E-state index in [2.05, 4.69) is 10.5 Å². The van der Waals surface area contributed by atoms with Crippen LogP contribution in [0.1, 0.15) is 20.3 Å². The van der Waals surface area contributed by atoms with Crippen LogP contribution < -0.4 is 5.73 Å². The number of ether oxygens (including phenoxy) is 1. The fourth-order valence-electron chi connectivity index (χ4n) is 0.556. The van der Waals surface area contributed by atoms with Gasteiger partial charge in [-0.05, 0) is 6.92 Å². The van der Waals surface area contributed by atoms with E-state index >= 15 is 0 Å². The largest absolute Gasteiger partial charge is 0.441 e. The molecule has 0 aliphatic rings. The van der Waals surface area contributed by atoms with Crippen LogP contribution >= 0.6 is 0 Å². The van der Waals surface area contributed by atoms with Crippen LogP contribution in [0.15, 0.2) is 0 Å². The van der Waals surface area contributed by atoms with Crippen LogP contribution in [0.5, 0.6) is 0 Å². The molecule has 0 spiro atoms. The van der Waals surface area contributed by atoms with Crippen molar-refractivity contribution >= 4 is 6.09 Å². The van der Waals surface area contributed by atoms with Crippen LogP contribution in [0.4, 0.5) is 4.79 Å². The van der Waals surface area contributed by atoms with Crippen LogP contribution in [0.3, 0.4) is 0 Å². The molecular formula is C6H13NO4. The van der Waals surface area contributed by atoms with E-state index in [9.17, 15) is 4.79 Å². The molecule has 0 saturated carbocycles. The third kappa shape index (κ3) is 3.20. The minimum atomic E-state index is -1.99. The van der Waals surface area contributed by atoms with Gasteiger partial charge in [-0.2, -0.15) is 0 Å². The van der Waals surface area contributed by atoms with Crippen molar-refractivity contribution < 1.29 is 19.7 Å². The Morgan fingerprint density at radius 3 is 2.45 bits per heavy atom. The molecule has 11 heavy (non-hydrogen) atoms. The molecule has 0 saturated heterocycles. The highest BCUT2D eigenvalue weighted by Crippen LogP contribution is 2.13. The number of hydrogen-bond donors (Lipinski definition) is 3. The van der Waals surface area contributed by atoms with Gasteiger partial charge in [0.25, 0.3) is 0 Å². The Morgan fingerprint density at radius 2 is 2.18 bits per heavy atom. The average Bonchev–Trinajstić information content (AvgIpc) is 1.86. The molecule has 0 heterocycles. The van der Waals surface area contributed by atoms with E-state index in [-0.39, 0.29) is 6.42 Å². The second-order valence-corrected chi connectivity index (χ2v) is 2.31. The molecule has 66 valence electrons. The van der Waals surface area contributed by atoms with Gasteiger partial charge < -0.3 is 20.7 Å². The Hall–Kier alpha value is -0.810. The summed E-state index contributed by atoms with van der Waals surface area (Å²) < 4.78 is 4.34. The maximum absolute atomic E-state index is 10.2. The first kappa shape index (κ1) is 10.2. The van der Waals surface area contributed by atoms with E-state index in [0.717, 1.165) is 0 Å². The second-order valence-electron chi connectivity index (χ2n) is 2.31. The predicted octanol–water partition coefficient (Wildman–Crippen LogP) is -0.439. The van der Waals surface area contributed by atoms with Crippen molar-refractivity contribution in [3.05, 3.63) is 0 Å². The number of primary amides is 1. The summed E-state index contributed by atoms with van der Waals surface area (Å²) in [5.74, 6) is -1.99. The standard InChI is InChI=1S/C6H13NO4/c1-3-6(9,10)4(2)11-5(7)8/h4,9-10H,3H2,1-2H3,(H2,7,8). The topological polar surface area (TPSA) is 92.8 Å². The summed E-state index contributed by atoms with van der Waals surface area (Å²) in [4.78, 5) is 10.2. The van der Waals surface area contributed by atoms with Gasteiger partial charge in [-0.25, -0.2) is 4.79 Å². The number of amides is 1. The van der Waals surface area contributed by atoms with E-state index < -0.39 is 18.0 Å². The molecule has 4 N–H and O–H groups in total. The Balaban J connectivity index is 4.01. The van der Waals surface area contributed by atoms with Crippen LogP contribution in [0.25, 0.3) is 0 Å². The Bertz CT molecular complexity index is 146. The number of aliphatic hydroxyl groups is 2. The molecule has 0 radical (unpaired) electrons. The molecule has 5 nitrogen and oxygen atoms in total. The zero-order valence-electron chi connectivity index (χ0n) is 6.57. The quantitative estimate of drug-likeness (QED) is 0.492. The van der Waals surface area contributed by atoms with Crippen LogP contribution in [0, 0.1) is 0 Å². The maximum atomic E-state index is 10.2. The van der Waals surface area contributed by atoms with Crippen molar-refractivity contribution in [2.24, 2.45) is 5.73 Å². The van der Waals surface area contributed by atoms with Gasteiger partial charge in [-0.15, -0.1) is 0 Å². The van der Waals surface area contributed by atoms with Gasteiger partial charge in [0.1, 0.15) is 0 Å². The lowest BCUT2D eigenvalue weighted by Gasteiger charge is -2.25. The summed E-state index contributed by atoms with van der Waals surface area (Å²) in [6.07, 6.45) is -1.95. The van der Waals surface area contributed by atoms with Crippen molar-refractivity contribution in [2.45, 2.75) is 32.2 Å². The molecule has 0 aromatic heterocycles. The average molecular weight is 163 g/mol. The second kappa shape index (κ2) is 3.54. The van der Waals surface area contributed by atoms with Crippen molar-refractivity contribution in [3.63, 3.8) is 0 Å². The van der Waals surface area contributed by atoms with Gasteiger partial charge >= 0.3 is 6.09 Å². The van der Waals surface area contributed by atoms with Crippen molar-refractivity contribution in [1.29, 1.82) is 0 Å². The molecule has 1 atom stereocenters. The van der Waals surface area contributed by atoms with Crippen molar-refractivity contribution in [2.75, 3.05) is 0 Å². The molecule has 1 amide bonds. The number of rotatable bonds is 3. The highest BCUT2D eigenvalue weighted by Gasteiger charge is 2.31. The summed E-state index contributed by atoms with van der Waals surface area (Å²) in [5.41, 5.74) is 4.66. The summed E-state index contributed by atoms with van der Waals surface area (Å²) >= 11 is 0. The Labute approximate surface area is 64.8 Å². The molecule has 0 rings (SSSR count). The predicted molar refractivity (Wildman–Crippen MR) is 37.6 cm³/mol. The summed E-state index contributed by atoms with van der Waals surface area (Å²) in [7, 11) is 0. The third-order valence-electron chi connectivity index (χ3n) is 1.46. The molecule has 0 fully saturated rings. The lowest BCUT2D eigenvalue weighted by Crippen LogP contribution is -2.43. The fourth-order valence-corrected chi connectivity index (χ4v) is 0.556. The lowest BCUT2D eigenvalue weighted by atomic mass is 10.1. The van der Waals surface area contributed by atoms with E-state index in [1.165, 1.54) is 6.92 Å². The van der Waals surface area contributed by atoms with Gasteiger partial charge in [-0.1, -0.05) is 6.92 Å². The van der Waals surface area contributed by atoms with Gasteiger partial charge in [-0.3, -0.25) is 0 Å². The minimum absolute atomic E-state index is 0.0709. The summed E-state index contributed by atoms with van der Waals surface area (Å²) in [6, 6.07) is 0. The number of carbonyl (C=O) groups is 1. The fraction of sp³-hybridized carbons (Fsp3) is 0.833. The molecule has 0 bridgehead atoms. The first-order valence-electron chi connectivity index (χ1n) is 3.31. The zero-order valence-corrected chi connectivity index (χ0v) is 6.57. The van der Waals surface area contributed by atoms with Gasteiger partial charge in [0.2, 0.25) is 0 Å². The molecule has 0 aromatic carbocycles. The van der Waals surface area contributed by atoms with Crippen LogP contribution in [-0.2, 0) is 4.74 Å². The molecule has 1 unspecified atom stereocenters. The SMILES string of the molecule is CCC(O)(O)C(C)OC(N)=O. The Kier molecular flexibility index (Phi) is 3.28. The number of nitrogens with two attached hydrogens (primary N) is 1. The number of carbonyl (C=O) groups excluding carboxylic acids is 1. The van der Waals surface area contributed by atoms with Crippen molar-refractivity contribution in [1.82, 2.24) is 0 Å². The first-order chi connectivity index (χ1) is 4.90. The lowest BCUT2D eigenvalue weighted by molar-refractivity contribution is -0.219. The minimum Gasteiger partial charge on any atom is -0.441 e. The number of hydrogen-bond acceptors (Lipinski definition) is 4. The van der Waals surface area contributed by atoms with E-state index in [1.807, 2.05) is 0 Å². The maximum Gasteiger partial charge on any atom is 0.404 e. The van der Waals surface area contributed by atoms with Crippen LogP contribution in [-0.4, -0.2) is 28.2 Å². The summed E-state index contributed by atoms with van der Waals surface area (Å²) in [6.45, 7) is 2.91. The monoisotopic (exact) mass is 163 g/mol. The molecular weight excluding hydrogens is 150 g/mol. The normalized spacial score (nSPS) is 14.2. The van der Waals surface area contributed by atoms with E-state index in [4.69, 9.17) is 10.2 Å². The highest BCUT2D eigenvalue weighted by molar-refractivity contribution is 5.64. The molecule has 0 aromatic rings.